The normalized spacial score (nSPS) is 13.2. The lowest BCUT2D eigenvalue weighted by atomic mass is 9.86. The fourth-order valence-corrected chi connectivity index (χ4v) is 2.75. The molecule has 2 rings (SSSR count). The molecular formula is C18H22BrN. The second kappa shape index (κ2) is 6.09. The Kier molecular flexibility index (Phi) is 4.64. The van der Waals surface area contributed by atoms with Crippen molar-refractivity contribution in [2.75, 3.05) is 0 Å². The van der Waals surface area contributed by atoms with Crippen molar-refractivity contribution in [1.29, 1.82) is 0 Å². The lowest BCUT2D eigenvalue weighted by Gasteiger charge is -2.20. The van der Waals surface area contributed by atoms with Crippen LogP contribution in [-0.4, -0.2) is 4.98 Å². The Bertz CT molecular complexity index is 549. The summed E-state index contributed by atoms with van der Waals surface area (Å²) in [5.74, 6) is 0. The third-order valence-electron chi connectivity index (χ3n) is 3.50. The Morgan fingerprint density at radius 3 is 2.20 bits per heavy atom. The van der Waals surface area contributed by atoms with Crippen molar-refractivity contribution in [3.8, 4) is 0 Å². The minimum Gasteiger partial charge on any atom is -0.261 e. The largest absolute Gasteiger partial charge is 0.261 e. The number of hydrogen-bond donors (Lipinski definition) is 0. The fraction of sp³-hybridized carbons (Fsp3) is 0.389. The first kappa shape index (κ1) is 15.2. The van der Waals surface area contributed by atoms with E-state index in [1.54, 1.807) is 0 Å². The Morgan fingerprint density at radius 1 is 1.05 bits per heavy atom. The van der Waals surface area contributed by atoms with Crippen LogP contribution in [0.2, 0.25) is 0 Å². The molecule has 2 heteroatoms. The van der Waals surface area contributed by atoms with Crippen LogP contribution in [0.5, 0.6) is 0 Å². The van der Waals surface area contributed by atoms with Gasteiger partial charge in [-0.1, -0.05) is 67.0 Å². The molecule has 106 valence electrons. The molecule has 0 bridgehead atoms. The van der Waals surface area contributed by atoms with Crippen LogP contribution in [0.15, 0.2) is 42.6 Å². The van der Waals surface area contributed by atoms with E-state index in [-0.39, 0.29) is 5.41 Å². The summed E-state index contributed by atoms with van der Waals surface area (Å²) in [5.41, 5.74) is 5.21. The predicted molar refractivity (Wildman–Crippen MR) is 89.5 cm³/mol. The first-order chi connectivity index (χ1) is 9.36. The maximum Gasteiger partial charge on any atom is 0.0450 e. The van der Waals surface area contributed by atoms with Crippen LogP contribution >= 0.6 is 15.9 Å². The van der Waals surface area contributed by atoms with E-state index in [1.165, 1.54) is 16.7 Å². The summed E-state index contributed by atoms with van der Waals surface area (Å²) in [6.07, 6.45) is 2.84. The van der Waals surface area contributed by atoms with Gasteiger partial charge in [0, 0.05) is 23.1 Å². The van der Waals surface area contributed by atoms with Crippen molar-refractivity contribution in [3.05, 3.63) is 65.0 Å². The van der Waals surface area contributed by atoms with E-state index in [9.17, 15) is 0 Å². The zero-order valence-electron chi connectivity index (χ0n) is 12.7. The van der Waals surface area contributed by atoms with Gasteiger partial charge in [-0.25, -0.2) is 0 Å². The summed E-state index contributed by atoms with van der Waals surface area (Å²) >= 11 is 3.78. The molecule has 0 saturated heterocycles. The Morgan fingerprint density at radius 2 is 1.70 bits per heavy atom. The number of nitrogens with zero attached hydrogens (tertiary/aromatic N) is 1. The maximum absolute atomic E-state index is 4.47. The Balaban J connectivity index is 2.09. The molecule has 0 spiro atoms. The lowest BCUT2D eigenvalue weighted by molar-refractivity contribution is 0.590. The molecule has 1 atom stereocenters. The maximum atomic E-state index is 4.47. The average Bonchev–Trinajstić information content (AvgIpc) is 2.40. The predicted octanol–water partition coefficient (Wildman–Crippen LogP) is 5.37. The van der Waals surface area contributed by atoms with Gasteiger partial charge in [-0.2, -0.15) is 0 Å². The zero-order chi connectivity index (χ0) is 14.8. The number of aryl methyl sites for hydroxylation is 1. The van der Waals surface area contributed by atoms with Crippen molar-refractivity contribution in [3.63, 3.8) is 0 Å². The topological polar surface area (TPSA) is 12.9 Å². The van der Waals surface area contributed by atoms with E-state index in [0.29, 0.717) is 4.83 Å². The van der Waals surface area contributed by atoms with Crippen LogP contribution in [-0.2, 0) is 11.8 Å². The van der Waals surface area contributed by atoms with E-state index in [4.69, 9.17) is 0 Å². The average molecular weight is 332 g/mol. The molecular weight excluding hydrogens is 310 g/mol. The molecule has 20 heavy (non-hydrogen) atoms. The summed E-state index contributed by atoms with van der Waals surface area (Å²) in [4.78, 5) is 4.78. The van der Waals surface area contributed by atoms with Crippen LogP contribution in [0.3, 0.4) is 0 Å². The zero-order valence-corrected chi connectivity index (χ0v) is 14.2. The number of pyridine rings is 1. The summed E-state index contributed by atoms with van der Waals surface area (Å²) in [6, 6.07) is 13.1. The molecule has 0 amide bonds. The van der Waals surface area contributed by atoms with Gasteiger partial charge < -0.3 is 0 Å². The molecule has 1 unspecified atom stereocenters. The van der Waals surface area contributed by atoms with E-state index in [0.717, 1.165) is 12.1 Å². The third kappa shape index (κ3) is 3.92. The highest BCUT2D eigenvalue weighted by Crippen LogP contribution is 2.29. The molecule has 0 aliphatic heterocycles. The van der Waals surface area contributed by atoms with Crippen LogP contribution in [0.4, 0.5) is 0 Å². The Labute approximate surface area is 130 Å². The van der Waals surface area contributed by atoms with Crippen LogP contribution in [0.1, 0.15) is 48.0 Å². The minimum absolute atomic E-state index is 0.207. The van der Waals surface area contributed by atoms with Gasteiger partial charge >= 0.3 is 0 Å². The van der Waals surface area contributed by atoms with Gasteiger partial charge in [0.05, 0.1) is 0 Å². The van der Waals surface area contributed by atoms with Gasteiger partial charge in [0.2, 0.25) is 0 Å². The van der Waals surface area contributed by atoms with Crippen LogP contribution in [0, 0.1) is 6.92 Å². The van der Waals surface area contributed by atoms with E-state index >= 15 is 0 Å². The molecule has 0 aliphatic rings. The minimum atomic E-state index is 0.207. The number of aromatic nitrogens is 1. The van der Waals surface area contributed by atoms with E-state index in [2.05, 4.69) is 85.0 Å². The van der Waals surface area contributed by atoms with Gasteiger partial charge in [-0.3, -0.25) is 4.98 Å². The highest BCUT2D eigenvalue weighted by Gasteiger charge is 2.15. The standard InChI is InChI=1S/C18H22BrN/c1-13-5-10-16(20-12-13)11-17(19)14-6-8-15(9-7-14)18(2,3)4/h5-10,12,17H,11H2,1-4H3. The molecule has 2 aromatic rings. The summed E-state index contributed by atoms with van der Waals surface area (Å²) in [7, 11) is 0. The first-order valence-electron chi connectivity index (χ1n) is 7.02. The molecule has 0 fully saturated rings. The molecule has 1 aromatic carbocycles. The molecule has 0 N–H and O–H groups in total. The summed E-state index contributed by atoms with van der Waals surface area (Å²) in [5, 5.41) is 0. The van der Waals surface area contributed by atoms with Crippen LogP contribution in [0.25, 0.3) is 0 Å². The molecule has 0 aliphatic carbocycles. The van der Waals surface area contributed by atoms with Crippen molar-refractivity contribution in [2.45, 2.75) is 44.4 Å². The van der Waals surface area contributed by atoms with Crippen molar-refractivity contribution in [2.24, 2.45) is 0 Å². The van der Waals surface area contributed by atoms with E-state index < -0.39 is 0 Å². The number of benzene rings is 1. The lowest BCUT2D eigenvalue weighted by Crippen LogP contribution is -2.10. The van der Waals surface area contributed by atoms with Crippen molar-refractivity contribution < 1.29 is 0 Å². The smallest absolute Gasteiger partial charge is 0.0450 e. The number of rotatable bonds is 3. The molecule has 0 radical (unpaired) electrons. The van der Waals surface area contributed by atoms with Crippen molar-refractivity contribution in [1.82, 2.24) is 4.98 Å². The fourth-order valence-electron chi connectivity index (χ4n) is 2.11. The highest BCUT2D eigenvalue weighted by atomic mass is 79.9. The monoisotopic (exact) mass is 331 g/mol. The summed E-state index contributed by atoms with van der Waals surface area (Å²) < 4.78 is 0. The van der Waals surface area contributed by atoms with E-state index in [1.807, 2.05) is 6.20 Å². The second-order valence-electron chi connectivity index (χ2n) is 6.37. The molecule has 0 saturated carbocycles. The second-order valence-corrected chi connectivity index (χ2v) is 7.48. The van der Waals surface area contributed by atoms with Gasteiger partial charge in [0.1, 0.15) is 0 Å². The van der Waals surface area contributed by atoms with Gasteiger partial charge in [-0.05, 0) is 35.1 Å². The number of halogens is 1. The van der Waals surface area contributed by atoms with Gasteiger partial charge in [0.15, 0.2) is 0 Å². The molecule has 1 heterocycles. The van der Waals surface area contributed by atoms with Gasteiger partial charge in [-0.15, -0.1) is 0 Å². The molecule has 1 nitrogen and oxygen atoms in total. The van der Waals surface area contributed by atoms with Crippen molar-refractivity contribution >= 4 is 15.9 Å². The Hall–Kier alpha value is -1.15. The summed E-state index contributed by atoms with van der Waals surface area (Å²) in [6.45, 7) is 8.78. The third-order valence-corrected chi connectivity index (χ3v) is 4.35. The number of alkyl halides is 1. The molecule has 1 aromatic heterocycles. The quantitative estimate of drug-likeness (QED) is 0.689. The first-order valence-corrected chi connectivity index (χ1v) is 7.94. The SMILES string of the molecule is Cc1ccc(CC(Br)c2ccc(C(C)(C)C)cc2)nc1. The van der Waals surface area contributed by atoms with Gasteiger partial charge in [0.25, 0.3) is 0 Å². The number of hydrogen-bond acceptors (Lipinski definition) is 1. The highest BCUT2D eigenvalue weighted by molar-refractivity contribution is 9.09. The van der Waals surface area contributed by atoms with Crippen LogP contribution < -0.4 is 0 Å².